The van der Waals surface area contributed by atoms with Crippen molar-refractivity contribution >= 4 is 0 Å². The van der Waals surface area contributed by atoms with E-state index in [0.29, 0.717) is 10.8 Å². The predicted molar refractivity (Wildman–Crippen MR) is 74.2 cm³/mol. The fourth-order valence-corrected chi connectivity index (χ4v) is 3.92. The van der Waals surface area contributed by atoms with Crippen molar-refractivity contribution in [2.75, 3.05) is 40.3 Å². The first-order valence-corrected chi connectivity index (χ1v) is 7.22. The van der Waals surface area contributed by atoms with Gasteiger partial charge in [0.25, 0.3) is 0 Å². The Balaban J connectivity index is 1.90. The van der Waals surface area contributed by atoms with E-state index in [2.05, 4.69) is 44.7 Å². The van der Waals surface area contributed by atoms with Gasteiger partial charge >= 0.3 is 0 Å². The monoisotopic (exact) mass is 238 g/mol. The lowest BCUT2D eigenvalue weighted by Gasteiger charge is -2.50. The molecule has 0 amide bonds. The molecule has 0 unspecified atom stereocenters. The summed E-state index contributed by atoms with van der Waals surface area (Å²) >= 11 is 0. The minimum absolute atomic E-state index is 0.561. The molecule has 2 nitrogen and oxygen atoms in total. The number of likely N-dealkylation sites (tertiary alicyclic amines) is 1. The predicted octanol–water partition coefficient (Wildman–Crippen LogP) is 2.70. The molecule has 100 valence electrons. The molecule has 0 aromatic rings. The maximum Gasteiger partial charge on any atom is 0.00407 e. The summed E-state index contributed by atoms with van der Waals surface area (Å²) in [6, 6.07) is 0. The second kappa shape index (κ2) is 4.55. The van der Waals surface area contributed by atoms with Crippen molar-refractivity contribution in [2.45, 2.75) is 40.0 Å². The smallest absolute Gasteiger partial charge is 0.00407 e. The van der Waals surface area contributed by atoms with E-state index in [0.717, 1.165) is 5.92 Å². The molecule has 1 saturated carbocycles. The third-order valence-corrected chi connectivity index (χ3v) is 5.75. The van der Waals surface area contributed by atoms with Crippen LogP contribution in [0.2, 0.25) is 0 Å². The van der Waals surface area contributed by atoms with Crippen molar-refractivity contribution < 1.29 is 0 Å². The van der Waals surface area contributed by atoms with Crippen molar-refractivity contribution in [1.29, 1.82) is 0 Å². The van der Waals surface area contributed by atoms with Crippen LogP contribution in [0.15, 0.2) is 0 Å². The molecule has 2 bridgehead atoms. The fourth-order valence-electron chi connectivity index (χ4n) is 3.92. The Morgan fingerprint density at radius 3 is 2.53 bits per heavy atom. The summed E-state index contributed by atoms with van der Waals surface area (Å²) < 4.78 is 0. The fraction of sp³-hybridized carbons (Fsp3) is 1.00. The molecule has 0 radical (unpaired) electrons. The number of nitrogens with zero attached hydrogens (tertiary/aromatic N) is 2. The van der Waals surface area contributed by atoms with Crippen LogP contribution in [0.25, 0.3) is 0 Å². The third-order valence-electron chi connectivity index (χ3n) is 5.75. The van der Waals surface area contributed by atoms with E-state index in [4.69, 9.17) is 0 Å². The molecule has 2 heteroatoms. The number of hydrogen-bond acceptors (Lipinski definition) is 2. The van der Waals surface area contributed by atoms with Crippen LogP contribution in [0.3, 0.4) is 0 Å². The van der Waals surface area contributed by atoms with E-state index in [1.807, 2.05) is 0 Å². The van der Waals surface area contributed by atoms with Gasteiger partial charge in [0.1, 0.15) is 0 Å². The highest BCUT2D eigenvalue weighted by Crippen LogP contribution is 2.58. The molecular formula is C15H30N2. The van der Waals surface area contributed by atoms with Crippen molar-refractivity contribution in [3.8, 4) is 0 Å². The van der Waals surface area contributed by atoms with Gasteiger partial charge in [0.05, 0.1) is 0 Å². The van der Waals surface area contributed by atoms with Crippen LogP contribution < -0.4 is 0 Å². The zero-order valence-electron chi connectivity index (χ0n) is 12.4. The summed E-state index contributed by atoms with van der Waals surface area (Å²) in [7, 11) is 4.34. The Morgan fingerprint density at radius 2 is 1.94 bits per heavy atom. The molecule has 2 fully saturated rings. The zero-order chi connectivity index (χ0) is 12.7. The number of rotatable bonds is 4. The first-order chi connectivity index (χ1) is 7.85. The van der Waals surface area contributed by atoms with Crippen molar-refractivity contribution in [3.63, 3.8) is 0 Å². The Morgan fingerprint density at radius 1 is 1.24 bits per heavy atom. The average molecular weight is 238 g/mol. The largest absolute Gasteiger partial charge is 0.309 e. The van der Waals surface area contributed by atoms with Gasteiger partial charge in [-0.1, -0.05) is 20.8 Å². The standard InChI is InChI=1S/C15H30N2/c1-14(2)13-7-8-15(14,3)12-17(11-13)10-6-9-16(4)5/h13H,6-12H2,1-5H3/t13-,15-/m1/s1. The van der Waals surface area contributed by atoms with Gasteiger partial charge in [0.2, 0.25) is 0 Å². The molecular weight excluding hydrogens is 208 g/mol. The SMILES string of the molecule is CN(C)CCCN1C[C@H]2CC[C@](C)(C1)C2(C)C. The lowest BCUT2D eigenvalue weighted by Crippen LogP contribution is -2.52. The lowest BCUT2D eigenvalue weighted by molar-refractivity contribution is -0.0182. The number of hydrogen-bond donors (Lipinski definition) is 0. The van der Waals surface area contributed by atoms with Gasteiger partial charge in [-0.25, -0.2) is 0 Å². The molecule has 1 aliphatic carbocycles. The van der Waals surface area contributed by atoms with Gasteiger partial charge in [0, 0.05) is 13.1 Å². The van der Waals surface area contributed by atoms with E-state index in [1.54, 1.807) is 0 Å². The van der Waals surface area contributed by atoms with Crippen molar-refractivity contribution in [2.24, 2.45) is 16.7 Å². The van der Waals surface area contributed by atoms with E-state index in [9.17, 15) is 0 Å². The van der Waals surface area contributed by atoms with Crippen LogP contribution in [-0.4, -0.2) is 50.1 Å². The highest BCUT2D eigenvalue weighted by molar-refractivity contribution is 5.05. The van der Waals surface area contributed by atoms with Gasteiger partial charge in [-0.05, 0) is 63.2 Å². The van der Waals surface area contributed by atoms with E-state index < -0.39 is 0 Å². The quantitative estimate of drug-likeness (QED) is 0.743. The van der Waals surface area contributed by atoms with Crippen LogP contribution >= 0.6 is 0 Å². The maximum atomic E-state index is 2.73. The van der Waals surface area contributed by atoms with Crippen LogP contribution in [0.5, 0.6) is 0 Å². The molecule has 2 rings (SSSR count). The highest BCUT2D eigenvalue weighted by Gasteiger charge is 2.54. The molecule has 0 N–H and O–H groups in total. The normalized spacial score (nSPS) is 36.7. The minimum Gasteiger partial charge on any atom is -0.309 e. The summed E-state index contributed by atoms with van der Waals surface area (Å²) in [5, 5.41) is 0. The van der Waals surface area contributed by atoms with Crippen LogP contribution in [0.1, 0.15) is 40.0 Å². The second-order valence-corrected chi connectivity index (χ2v) is 7.41. The molecule has 0 aromatic carbocycles. The first-order valence-electron chi connectivity index (χ1n) is 7.22. The molecule has 1 aliphatic heterocycles. The topological polar surface area (TPSA) is 6.48 Å². The average Bonchev–Trinajstić information content (AvgIpc) is 2.38. The van der Waals surface area contributed by atoms with Crippen LogP contribution in [0, 0.1) is 16.7 Å². The molecule has 2 atom stereocenters. The molecule has 0 spiro atoms. The first kappa shape index (κ1) is 13.4. The maximum absolute atomic E-state index is 2.73. The summed E-state index contributed by atoms with van der Waals surface area (Å²) in [5.41, 5.74) is 1.12. The highest BCUT2D eigenvalue weighted by atomic mass is 15.2. The van der Waals surface area contributed by atoms with Crippen molar-refractivity contribution in [1.82, 2.24) is 9.80 Å². The third kappa shape index (κ3) is 2.39. The molecule has 1 heterocycles. The molecule has 0 aromatic heterocycles. The van der Waals surface area contributed by atoms with Crippen LogP contribution in [0.4, 0.5) is 0 Å². The number of piperidine rings is 1. The summed E-state index contributed by atoms with van der Waals surface area (Å²) in [6.45, 7) is 12.7. The van der Waals surface area contributed by atoms with E-state index >= 15 is 0 Å². The van der Waals surface area contributed by atoms with Gasteiger partial charge in [-0.3, -0.25) is 0 Å². The van der Waals surface area contributed by atoms with Crippen molar-refractivity contribution in [3.05, 3.63) is 0 Å². The summed E-state index contributed by atoms with van der Waals surface area (Å²) in [4.78, 5) is 5.02. The van der Waals surface area contributed by atoms with Gasteiger partial charge < -0.3 is 9.80 Å². The lowest BCUT2D eigenvalue weighted by atomic mass is 9.63. The van der Waals surface area contributed by atoms with Gasteiger partial charge in [-0.2, -0.15) is 0 Å². The molecule has 1 saturated heterocycles. The summed E-state index contributed by atoms with van der Waals surface area (Å²) in [6.07, 6.45) is 4.21. The Hall–Kier alpha value is -0.0800. The summed E-state index contributed by atoms with van der Waals surface area (Å²) in [5.74, 6) is 0.931. The van der Waals surface area contributed by atoms with E-state index in [-0.39, 0.29) is 0 Å². The Bertz CT molecular complexity index is 272. The minimum atomic E-state index is 0.561. The Labute approximate surface area is 107 Å². The van der Waals surface area contributed by atoms with Crippen LogP contribution in [-0.2, 0) is 0 Å². The van der Waals surface area contributed by atoms with Gasteiger partial charge in [0.15, 0.2) is 0 Å². The van der Waals surface area contributed by atoms with E-state index in [1.165, 1.54) is 45.4 Å². The Kier molecular flexibility index (Phi) is 3.57. The molecule has 17 heavy (non-hydrogen) atoms. The molecule has 2 aliphatic rings. The van der Waals surface area contributed by atoms with Gasteiger partial charge in [-0.15, -0.1) is 0 Å². The zero-order valence-corrected chi connectivity index (χ0v) is 12.4. The second-order valence-electron chi connectivity index (χ2n) is 7.41. The number of fused-ring (bicyclic) bond motifs is 2.